The van der Waals surface area contributed by atoms with Gasteiger partial charge < -0.3 is 9.80 Å². The van der Waals surface area contributed by atoms with Crippen LogP contribution in [0.25, 0.3) is 11.3 Å². The smallest absolute Gasteiger partial charge is 0.254 e. The second-order valence-electron chi connectivity index (χ2n) is 8.13. The van der Waals surface area contributed by atoms with Gasteiger partial charge in [0.2, 0.25) is 5.95 Å². The molecule has 1 fully saturated rings. The van der Waals surface area contributed by atoms with Gasteiger partial charge in [-0.25, -0.2) is 9.97 Å². The van der Waals surface area contributed by atoms with Crippen LogP contribution in [0.1, 0.15) is 40.2 Å². The zero-order valence-electron chi connectivity index (χ0n) is 18.3. The number of aromatic amines is 1. The summed E-state index contributed by atoms with van der Waals surface area (Å²) in [5, 5.41) is 7.66. The van der Waals surface area contributed by atoms with Crippen molar-refractivity contribution < 1.29 is 4.79 Å². The van der Waals surface area contributed by atoms with Gasteiger partial charge in [0.15, 0.2) is 0 Å². The Balaban J connectivity index is 1.58. The van der Waals surface area contributed by atoms with Gasteiger partial charge in [0.1, 0.15) is 0 Å². The lowest BCUT2D eigenvalue weighted by Crippen LogP contribution is -2.49. The number of aromatic nitrogens is 4. The number of anilines is 1. The molecular formula is C23H27ClN6O. The first-order chi connectivity index (χ1) is 14.9. The molecule has 0 bridgehead atoms. The van der Waals surface area contributed by atoms with Crippen molar-refractivity contribution in [3.63, 3.8) is 0 Å². The maximum Gasteiger partial charge on any atom is 0.254 e. The molecule has 1 N–H and O–H groups in total. The van der Waals surface area contributed by atoms with Crippen LogP contribution in [0, 0.1) is 20.8 Å². The summed E-state index contributed by atoms with van der Waals surface area (Å²) in [6.45, 7) is 7.35. The van der Waals surface area contributed by atoms with E-state index in [0.29, 0.717) is 23.1 Å². The van der Waals surface area contributed by atoms with Gasteiger partial charge in [0.25, 0.3) is 5.91 Å². The minimum absolute atomic E-state index is 0.00420. The Kier molecular flexibility index (Phi) is 5.96. The Hall–Kier alpha value is -2.93. The molecule has 0 spiro atoms. The van der Waals surface area contributed by atoms with E-state index >= 15 is 0 Å². The highest BCUT2D eigenvalue weighted by molar-refractivity contribution is 6.31. The van der Waals surface area contributed by atoms with E-state index in [1.54, 1.807) is 6.20 Å². The zero-order valence-corrected chi connectivity index (χ0v) is 19.1. The molecule has 3 heterocycles. The predicted octanol–water partition coefficient (Wildman–Crippen LogP) is 4.19. The molecule has 0 saturated carbocycles. The number of piperidine rings is 1. The Morgan fingerprint density at radius 1 is 1.19 bits per heavy atom. The number of amides is 1. The number of carbonyl (C=O) groups is 1. The van der Waals surface area contributed by atoms with Crippen LogP contribution >= 0.6 is 11.6 Å². The molecule has 31 heavy (non-hydrogen) atoms. The number of carbonyl (C=O) groups excluding carboxylic acids is 1. The molecule has 1 amide bonds. The summed E-state index contributed by atoms with van der Waals surface area (Å²) in [6.07, 6.45) is 3.61. The molecule has 3 aromatic rings. The molecule has 1 atom stereocenters. The Morgan fingerprint density at radius 3 is 2.61 bits per heavy atom. The Morgan fingerprint density at radius 2 is 1.94 bits per heavy atom. The van der Waals surface area contributed by atoms with Crippen LogP contribution in [0.15, 0.2) is 30.5 Å². The molecule has 0 unspecified atom stereocenters. The predicted molar refractivity (Wildman–Crippen MR) is 123 cm³/mol. The number of hydrogen-bond acceptors (Lipinski definition) is 5. The molecule has 0 radical (unpaired) electrons. The average molecular weight is 439 g/mol. The van der Waals surface area contributed by atoms with Crippen molar-refractivity contribution in [2.45, 2.75) is 39.7 Å². The maximum atomic E-state index is 13.5. The van der Waals surface area contributed by atoms with E-state index in [1.807, 2.05) is 57.0 Å². The van der Waals surface area contributed by atoms with Crippen LogP contribution in [0.4, 0.5) is 5.95 Å². The number of likely N-dealkylation sites (N-methyl/N-ethyl adjacent to an activating group) is 1. The van der Waals surface area contributed by atoms with Crippen molar-refractivity contribution in [3.8, 4) is 11.3 Å². The molecular weight excluding hydrogens is 412 g/mol. The van der Waals surface area contributed by atoms with E-state index in [9.17, 15) is 4.79 Å². The van der Waals surface area contributed by atoms with Gasteiger partial charge in [0.05, 0.1) is 22.1 Å². The van der Waals surface area contributed by atoms with E-state index in [-0.39, 0.29) is 11.9 Å². The number of aryl methyl sites for hydroxylation is 3. The molecule has 7 nitrogen and oxygen atoms in total. The summed E-state index contributed by atoms with van der Waals surface area (Å²) in [6, 6.07) is 7.78. The standard InChI is InChI=1S/C23H27ClN6O/c1-14-7-5-9-18(20(14)19-10-11-25-28-19)22(31)29(4)17-8-6-12-30(13-17)23-26-15(2)21(24)16(3)27-23/h5,7,9-11,17H,6,8,12-13H2,1-4H3,(H,25,28)/t17-/m0/s1. The number of nitrogens with one attached hydrogen (secondary N) is 1. The fourth-order valence-electron chi connectivity index (χ4n) is 4.23. The molecule has 2 aromatic heterocycles. The third kappa shape index (κ3) is 4.14. The second-order valence-corrected chi connectivity index (χ2v) is 8.51. The third-order valence-corrected chi connectivity index (χ3v) is 6.54. The van der Waals surface area contributed by atoms with Gasteiger partial charge in [-0.1, -0.05) is 23.7 Å². The zero-order chi connectivity index (χ0) is 22.1. The topological polar surface area (TPSA) is 78.0 Å². The van der Waals surface area contributed by atoms with Crippen molar-refractivity contribution in [2.75, 3.05) is 25.0 Å². The number of rotatable bonds is 4. The van der Waals surface area contributed by atoms with E-state index in [0.717, 1.165) is 47.6 Å². The van der Waals surface area contributed by atoms with Gasteiger partial charge in [-0.3, -0.25) is 9.89 Å². The van der Waals surface area contributed by atoms with Crippen LogP contribution < -0.4 is 4.90 Å². The fourth-order valence-corrected chi connectivity index (χ4v) is 4.32. The fraction of sp³-hybridized carbons (Fsp3) is 0.391. The highest BCUT2D eigenvalue weighted by atomic mass is 35.5. The molecule has 162 valence electrons. The number of nitrogens with zero attached hydrogens (tertiary/aromatic N) is 5. The number of benzene rings is 1. The lowest BCUT2D eigenvalue weighted by Gasteiger charge is -2.38. The molecule has 8 heteroatoms. The van der Waals surface area contributed by atoms with Crippen LogP contribution in [0.5, 0.6) is 0 Å². The van der Waals surface area contributed by atoms with Crippen molar-refractivity contribution in [1.29, 1.82) is 0 Å². The minimum atomic E-state index is 0.00420. The lowest BCUT2D eigenvalue weighted by atomic mass is 9.97. The van der Waals surface area contributed by atoms with Gasteiger partial charge in [-0.15, -0.1) is 0 Å². The van der Waals surface area contributed by atoms with Gasteiger partial charge in [-0.05, 0) is 51.3 Å². The molecule has 1 aromatic carbocycles. The summed E-state index contributed by atoms with van der Waals surface area (Å²) in [7, 11) is 1.88. The lowest BCUT2D eigenvalue weighted by molar-refractivity contribution is 0.0717. The first-order valence-electron chi connectivity index (χ1n) is 10.5. The van der Waals surface area contributed by atoms with Crippen LogP contribution in [0.3, 0.4) is 0 Å². The van der Waals surface area contributed by atoms with Crippen LogP contribution in [-0.2, 0) is 0 Å². The highest BCUT2D eigenvalue weighted by Gasteiger charge is 2.29. The van der Waals surface area contributed by atoms with Gasteiger partial charge in [-0.2, -0.15) is 5.10 Å². The number of H-pyrrole nitrogens is 1. The second kappa shape index (κ2) is 8.67. The molecule has 1 aliphatic heterocycles. The van der Waals surface area contributed by atoms with E-state index < -0.39 is 0 Å². The van der Waals surface area contributed by atoms with Crippen molar-refractivity contribution in [2.24, 2.45) is 0 Å². The summed E-state index contributed by atoms with van der Waals surface area (Å²) in [5.74, 6) is 0.684. The van der Waals surface area contributed by atoms with Crippen molar-refractivity contribution in [1.82, 2.24) is 25.1 Å². The summed E-state index contributed by atoms with van der Waals surface area (Å²) >= 11 is 6.24. The quantitative estimate of drug-likeness (QED) is 0.660. The first-order valence-corrected chi connectivity index (χ1v) is 10.9. The molecule has 0 aliphatic carbocycles. The largest absolute Gasteiger partial charge is 0.339 e. The van der Waals surface area contributed by atoms with E-state index in [4.69, 9.17) is 11.6 Å². The highest BCUT2D eigenvalue weighted by Crippen LogP contribution is 2.29. The number of halogens is 1. The van der Waals surface area contributed by atoms with E-state index in [1.165, 1.54) is 0 Å². The molecule has 1 aliphatic rings. The van der Waals surface area contributed by atoms with Crippen LogP contribution in [-0.4, -0.2) is 57.2 Å². The van der Waals surface area contributed by atoms with Crippen molar-refractivity contribution >= 4 is 23.5 Å². The van der Waals surface area contributed by atoms with E-state index in [2.05, 4.69) is 25.1 Å². The van der Waals surface area contributed by atoms with Crippen LogP contribution in [0.2, 0.25) is 5.02 Å². The summed E-state index contributed by atoms with van der Waals surface area (Å²) in [5.41, 5.74) is 5.02. The molecule has 1 saturated heterocycles. The minimum Gasteiger partial charge on any atom is -0.339 e. The third-order valence-electron chi connectivity index (χ3n) is 5.99. The Bertz CT molecular complexity index is 1070. The SMILES string of the molecule is Cc1cccc(C(=O)N(C)[C@H]2CCCN(c3nc(C)c(Cl)c(C)n3)C2)c1-c1ccn[nH]1. The normalized spacial score (nSPS) is 16.4. The maximum absolute atomic E-state index is 13.5. The Labute approximate surface area is 187 Å². The average Bonchev–Trinajstić information content (AvgIpc) is 3.30. The monoisotopic (exact) mass is 438 g/mol. The number of hydrogen-bond donors (Lipinski definition) is 1. The van der Waals surface area contributed by atoms with Gasteiger partial charge >= 0.3 is 0 Å². The first kappa shape index (κ1) is 21.3. The van der Waals surface area contributed by atoms with Gasteiger partial charge in [0, 0.05) is 43.5 Å². The van der Waals surface area contributed by atoms with Crippen molar-refractivity contribution in [3.05, 3.63) is 58.0 Å². The summed E-state index contributed by atoms with van der Waals surface area (Å²) in [4.78, 5) is 26.7. The summed E-state index contributed by atoms with van der Waals surface area (Å²) < 4.78 is 0. The molecule has 4 rings (SSSR count).